The standard InChI is InChI=1S/C21H19ClFNO.ClH/c22-19-7-1-18(2-8-19)15-25-21-11-5-17(6-12-21)14-24-13-16-3-9-20(23)10-4-16;/h1-12,24H,13-15H2;1H. The summed E-state index contributed by atoms with van der Waals surface area (Å²) >= 11 is 5.87. The first-order valence-corrected chi connectivity index (χ1v) is 8.48. The van der Waals surface area contributed by atoms with Crippen LogP contribution in [0.5, 0.6) is 5.75 Å². The Morgan fingerprint density at radius 2 is 1.23 bits per heavy atom. The van der Waals surface area contributed by atoms with E-state index < -0.39 is 0 Å². The van der Waals surface area contributed by atoms with E-state index in [1.165, 1.54) is 17.7 Å². The number of hydrogen-bond acceptors (Lipinski definition) is 2. The topological polar surface area (TPSA) is 21.3 Å². The van der Waals surface area contributed by atoms with Crippen LogP contribution in [0.25, 0.3) is 0 Å². The van der Waals surface area contributed by atoms with E-state index in [0.29, 0.717) is 13.2 Å². The highest BCUT2D eigenvalue weighted by Gasteiger charge is 1.99. The molecule has 2 nitrogen and oxygen atoms in total. The molecule has 5 heteroatoms. The predicted molar refractivity (Wildman–Crippen MR) is 106 cm³/mol. The number of rotatable bonds is 7. The summed E-state index contributed by atoms with van der Waals surface area (Å²) in [5.74, 6) is 0.621. The molecule has 3 aromatic rings. The van der Waals surface area contributed by atoms with E-state index in [0.717, 1.165) is 28.4 Å². The second-order valence-electron chi connectivity index (χ2n) is 5.79. The van der Waals surface area contributed by atoms with Gasteiger partial charge in [0.15, 0.2) is 0 Å². The molecular weight excluding hydrogens is 372 g/mol. The lowest BCUT2D eigenvalue weighted by molar-refractivity contribution is 0.306. The van der Waals surface area contributed by atoms with Crippen molar-refractivity contribution in [1.82, 2.24) is 5.32 Å². The number of ether oxygens (including phenoxy) is 1. The first-order valence-electron chi connectivity index (χ1n) is 8.10. The van der Waals surface area contributed by atoms with Crippen LogP contribution < -0.4 is 10.1 Å². The molecule has 0 radical (unpaired) electrons. The molecule has 1 N–H and O–H groups in total. The highest BCUT2D eigenvalue weighted by molar-refractivity contribution is 6.30. The predicted octanol–water partition coefficient (Wildman–Crippen LogP) is 5.77. The summed E-state index contributed by atoms with van der Waals surface area (Å²) in [6.45, 7) is 1.96. The summed E-state index contributed by atoms with van der Waals surface area (Å²) in [5, 5.41) is 4.07. The molecule has 136 valence electrons. The molecule has 0 aromatic heterocycles. The van der Waals surface area contributed by atoms with Crippen molar-refractivity contribution in [1.29, 1.82) is 0 Å². The lowest BCUT2D eigenvalue weighted by atomic mass is 10.2. The Bertz CT molecular complexity index is 790. The van der Waals surface area contributed by atoms with Gasteiger partial charge in [-0.1, -0.05) is 48.0 Å². The van der Waals surface area contributed by atoms with Crippen LogP contribution in [0.1, 0.15) is 16.7 Å². The second kappa shape index (κ2) is 10.2. The van der Waals surface area contributed by atoms with Gasteiger partial charge in [0.2, 0.25) is 0 Å². The maximum absolute atomic E-state index is 12.9. The number of hydrogen-bond donors (Lipinski definition) is 1. The summed E-state index contributed by atoms with van der Waals surface area (Å²) in [5.41, 5.74) is 3.31. The van der Waals surface area contributed by atoms with Gasteiger partial charge in [-0.15, -0.1) is 12.4 Å². The van der Waals surface area contributed by atoms with Crippen LogP contribution in [-0.2, 0) is 19.7 Å². The number of nitrogens with one attached hydrogen (secondary N) is 1. The maximum Gasteiger partial charge on any atom is 0.123 e. The van der Waals surface area contributed by atoms with Gasteiger partial charge in [-0.25, -0.2) is 4.39 Å². The third-order valence-electron chi connectivity index (χ3n) is 3.81. The van der Waals surface area contributed by atoms with Gasteiger partial charge in [0.1, 0.15) is 18.2 Å². The van der Waals surface area contributed by atoms with Crippen molar-refractivity contribution in [2.45, 2.75) is 19.7 Å². The van der Waals surface area contributed by atoms with Crippen molar-refractivity contribution in [3.63, 3.8) is 0 Å². The molecule has 3 rings (SSSR count). The Balaban J connectivity index is 0.00000243. The summed E-state index contributed by atoms with van der Waals surface area (Å²) in [7, 11) is 0. The molecule has 0 unspecified atom stereocenters. The van der Waals surface area contributed by atoms with Crippen molar-refractivity contribution >= 4 is 24.0 Å². The van der Waals surface area contributed by atoms with E-state index in [-0.39, 0.29) is 18.2 Å². The molecule has 0 aliphatic heterocycles. The first kappa shape index (κ1) is 20.2. The lowest BCUT2D eigenvalue weighted by Crippen LogP contribution is -2.12. The third kappa shape index (κ3) is 6.34. The van der Waals surface area contributed by atoms with Crippen LogP contribution in [0.15, 0.2) is 72.8 Å². The largest absolute Gasteiger partial charge is 0.489 e. The van der Waals surface area contributed by atoms with E-state index in [1.807, 2.05) is 48.5 Å². The zero-order valence-electron chi connectivity index (χ0n) is 14.1. The molecule has 0 spiro atoms. The number of halogens is 3. The van der Waals surface area contributed by atoms with Gasteiger partial charge in [0, 0.05) is 18.1 Å². The molecule has 0 fully saturated rings. The van der Waals surface area contributed by atoms with E-state index in [1.54, 1.807) is 12.1 Å². The van der Waals surface area contributed by atoms with Gasteiger partial charge in [-0.3, -0.25) is 0 Å². The van der Waals surface area contributed by atoms with Gasteiger partial charge >= 0.3 is 0 Å². The van der Waals surface area contributed by atoms with Gasteiger partial charge in [0.05, 0.1) is 0 Å². The molecular formula is C21H20Cl2FNO. The summed E-state index contributed by atoms with van der Waals surface area (Å²) in [4.78, 5) is 0. The highest BCUT2D eigenvalue weighted by Crippen LogP contribution is 2.16. The minimum Gasteiger partial charge on any atom is -0.489 e. The van der Waals surface area contributed by atoms with E-state index in [9.17, 15) is 4.39 Å². The van der Waals surface area contributed by atoms with Gasteiger partial charge < -0.3 is 10.1 Å². The first-order chi connectivity index (χ1) is 12.2. The van der Waals surface area contributed by atoms with Crippen molar-refractivity contribution in [3.05, 3.63) is 100 Å². The highest BCUT2D eigenvalue weighted by atomic mass is 35.5. The van der Waals surface area contributed by atoms with Crippen molar-refractivity contribution in [2.24, 2.45) is 0 Å². The Kier molecular flexibility index (Phi) is 7.92. The molecule has 0 aliphatic carbocycles. The summed E-state index contributed by atoms with van der Waals surface area (Å²) in [6.07, 6.45) is 0. The minimum atomic E-state index is -0.210. The Morgan fingerprint density at radius 1 is 0.731 bits per heavy atom. The van der Waals surface area contributed by atoms with Gasteiger partial charge in [0.25, 0.3) is 0 Å². The van der Waals surface area contributed by atoms with Crippen LogP contribution in [0.2, 0.25) is 5.02 Å². The second-order valence-corrected chi connectivity index (χ2v) is 6.23. The fraction of sp³-hybridized carbons (Fsp3) is 0.143. The van der Waals surface area contributed by atoms with Crippen molar-refractivity contribution in [2.75, 3.05) is 0 Å². The average Bonchev–Trinajstić information content (AvgIpc) is 2.64. The minimum absolute atomic E-state index is 0. The molecule has 26 heavy (non-hydrogen) atoms. The van der Waals surface area contributed by atoms with E-state index >= 15 is 0 Å². The van der Waals surface area contributed by atoms with Crippen LogP contribution in [0.4, 0.5) is 4.39 Å². The lowest BCUT2D eigenvalue weighted by Gasteiger charge is -2.08. The molecule has 3 aromatic carbocycles. The Morgan fingerprint density at radius 3 is 1.81 bits per heavy atom. The zero-order chi connectivity index (χ0) is 17.5. The fourth-order valence-corrected chi connectivity index (χ4v) is 2.53. The molecule has 0 aliphatic rings. The normalized spacial score (nSPS) is 10.2. The molecule has 0 heterocycles. The molecule has 0 saturated heterocycles. The van der Waals surface area contributed by atoms with Crippen LogP contribution in [0, 0.1) is 5.82 Å². The molecule has 0 amide bonds. The SMILES string of the molecule is Cl.Fc1ccc(CNCc2ccc(OCc3ccc(Cl)cc3)cc2)cc1. The zero-order valence-corrected chi connectivity index (χ0v) is 15.7. The Hall–Kier alpha value is -2.07. The maximum atomic E-state index is 12.9. The fourth-order valence-electron chi connectivity index (χ4n) is 2.40. The quantitative estimate of drug-likeness (QED) is 0.551. The molecule has 0 atom stereocenters. The smallest absolute Gasteiger partial charge is 0.123 e. The summed E-state index contributed by atoms with van der Waals surface area (Å²) in [6, 6.07) is 22.2. The monoisotopic (exact) mass is 391 g/mol. The van der Waals surface area contributed by atoms with Crippen molar-refractivity contribution < 1.29 is 9.13 Å². The van der Waals surface area contributed by atoms with Gasteiger partial charge in [-0.2, -0.15) is 0 Å². The van der Waals surface area contributed by atoms with E-state index in [2.05, 4.69) is 5.32 Å². The van der Waals surface area contributed by atoms with E-state index in [4.69, 9.17) is 16.3 Å². The Labute approximate surface area is 164 Å². The molecule has 0 saturated carbocycles. The van der Waals surface area contributed by atoms with Crippen LogP contribution in [-0.4, -0.2) is 0 Å². The number of benzene rings is 3. The van der Waals surface area contributed by atoms with Crippen molar-refractivity contribution in [3.8, 4) is 5.75 Å². The van der Waals surface area contributed by atoms with Crippen LogP contribution >= 0.6 is 24.0 Å². The molecule has 0 bridgehead atoms. The summed E-state index contributed by atoms with van der Waals surface area (Å²) < 4.78 is 18.6. The average molecular weight is 392 g/mol. The third-order valence-corrected chi connectivity index (χ3v) is 4.07. The van der Waals surface area contributed by atoms with Gasteiger partial charge in [-0.05, 0) is 53.1 Å². The van der Waals surface area contributed by atoms with Crippen LogP contribution in [0.3, 0.4) is 0 Å².